The van der Waals surface area contributed by atoms with Crippen LogP contribution in [-0.4, -0.2) is 24.1 Å². The Hall–Kier alpha value is -0.860. The molecule has 1 aromatic carbocycles. The molecule has 1 atom stereocenters. The lowest BCUT2D eigenvalue weighted by atomic mass is 10.1. The van der Waals surface area contributed by atoms with Crippen molar-refractivity contribution in [3.63, 3.8) is 0 Å². The number of hydrogen-bond acceptors (Lipinski definition) is 3. The number of carbonyl (C=O) groups excluding carboxylic acids is 1. The van der Waals surface area contributed by atoms with E-state index < -0.39 is 12.0 Å². The van der Waals surface area contributed by atoms with Gasteiger partial charge in [0, 0.05) is 27.1 Å². The second-order valence-corrected chi connectivity index (χ2v) is 5.09. The average Bonchev–Trinajstić information content (AvgIpc) is 2.76. The number of esters is 1. The summed E-state index contributed by atoms with van der Waals surface area (Å²) in [5.41, 5.74) is 7.06. The lowest BCUT2D eigenvalue weighted by Crippen LogP contribution is -2.33. The first-order valence-corrected chi connectivity index (χ1v) is 6.40. The highest BCUT2D eigenvalue weighted by Gasteiger charge is 2.18. The molecule has 4 nitrogen and oxygen atoms in total. The van der Waals surface area contributed by atoms with Gasteiger partial charge in [-0.3, -0.25) is 4.79 Å². The summed E-state index contributed by atoms with van der Waals surface area (Å²) in [5, 5.41) is 0.487. The monoisotopic (exact) mass is 398 g/mol. The van der Waals surface area contributed by atoms with Crippen molar-refractivity contribution in [3.05, 3.63) is 33.3 Å². The average molecular weight is 399 g/mol. The normalized spacial score (nSPS) is 12.0. The first-order chi connectivity index (χ1) is 8.54. The summed E-state index contributed by atoms with van der Waals surface area (Å²) in [6.45, 7) is 0. The van der Waals surface area contributed by atoms with Gasteiger partial charge in [0.05, 0.1) is 7.11 Å². The molecular formula is C12H13ClFIN2O2. The molecule has 0 aliphatic carbocycles. The van der Waals surface area contributed by atoms with Crippen LogP contribution in [0.4, 0.5) is 4.39 Å². The van der Waals surface area contributed by atoms with Gasteiger partial charge in [-0.2, -0.15) is 0 Å². The number of aromatic nitrogens is 1. The first-order valence-electron chi connectivity index (χ1n) is 5.32. The van der Waals surface area contributed by atoms with Crippen LogP contribution in [0.3, 0.4) is 0 Å². The maximum atomic E-state index is 14.0. The van der Waals surface area contributed by atoms with Gasteiger partial charge in [-0.25, -0.2) is 4.39 Å². The molecule has 7 heteroatoms. The van der Waals surface area contributed by atoms with Gasteiger partial charge in [-0.05, 0) is 40.3 Å². The molecule has 2 aromatic rings. The van der Waals surface area contributed by atoms with Crippen LogP contribution in [0.5, 0.6) is 0 Å². The molecular weight excluding hydrogens is 385 g/mol. The number of methoxy groups -OCH3 is 1. The standard InChI is InChI=1S/C12H12FIN2O2.ClH/c1-18-12(17)8(15)4-6-5-16-9-3-2-7(14)11(13)10(6)9;/h2-3,5,8,16H,4,15H2,1H3;1H. The number of carbonyl (C=O) groups is 1. The van der Waals surface area contributed by atoms with Crippen LogP contribution in [0.15, 0.2) is 18.3 Å². The van der Waals surface area contributed by atoms with Crippen LogP contribution in [0.1, 0.15) is 5.56 Å². The number of aromatic amines is 1. The van der Waals surface area contributed by atoms with Crippen molar-refractivity contribution in [1.82, 2.24) is 4.98 Å². The summed E-state index contributed by atoms with van der Waals surface area (Å²) in [6, 6.07) is 2.71. The van der Waals surface area contributed by atoms with E-state index in [1.807, 2.05) is 22.6 Å². The van der Waals surface area contributed by atoms with Gasteiger partial charge in [0.25, 0.3) is 0 Å². The van der Waals surface area contributed by atoms with E-state index in [0.717, 1.165) is 0 Å². The van der Waals surface area contributed by atoms with Crippen LogP contribution in [-0.2, 0) is 16.0 Å². The van der Waals surface area contributed by atoms with Crippen LogP contribution in [0.25, 0.3) is 10.9 Å². The lowest BCUT2D eigenvalue weighted by molar-refractivity contribution is -0.142. The fraction of sp³-hybridized carbons (Fsp3) is 0.250. The zero-order valence-electron chi connectivity index (χ0n) is 10.1. The predicted molar refractivity (Wildman–Crippen MR) is 81.9 cm³/mol. The van der Waals surface area contributed by atoms with Gasteiger partial charge < -0.3 is 15.5 Å². The fourth-order valence-corrected chi connectivity index (χ4v) is 2.30. The molecule has 0 aliphatic rings. The van der Waals surface area contributed by atoms with Crippen molar-refractivity contribution in [3.8, 4) is 0 Å². The molecule has 0 radical (unpaired) electrons. The topological polar surface area (TPSA) is 68.1 Å². The predicted octanol–water partition coefficient (Wildman–Crippen LogP) is 2.38. The van der Waals surface area contributed by atoms with Gasteiger partial charge in [-0.15, -0.1) is 12.4 Å². The summed E-state index contributed by atoms with van der Waals surface area (Å²) in [5.74, 6) is -0.795. The number of rotatable bonds is 3. The van der Waals surface area contributed by atoms with E-state index in [4.69, 9.17) is 5.73 Å². The highest BCUT2D eigenvalue weighted by atomic mass is 127. The molecule has 0 fully saturated rings. The van der Waals surface area contributed by atoms with Crippen molar-refractivity contribution < 1.29 is 13.9 Å². The molecule has 1 heterocycles. The number of nitrogens with two attached hydrogens (primary N) is 1. The molecule has 3 N–H and O–H groups in total. The summed E-state index contributed by atoms with van der Waals surface area (Å²) in [7, 11) is 1.28. The molecule has 19 heavy (non-hydrogen) atoms. The van der Waals surface area contributed by atoms with E-state index in [9.17, 15) is 9.18 Å². The van der Waals surface area contributed by atoms with Crippen LogP contribution in [0.2, 0.25) is 0 Å². The Morgan fingerprint density at radius 3 is 2.89 bits per heavy atom. The van der Waals surface area contributed by atoms with Gasteiger partial charge in [0.1, 0.15) is 11.9 Å². The highest BCUT2D eigenvalue weighted by molar-refractivity contribution is 14.1. The maximum absolute atomic E-state index is 14.0. The minimum Gasteiger partial charge on any atom is -0.468 e. The van der Waals surface area contributed by atoms with E-state index in [1.165, 1.54) is 7.11 Å². The SMILES string of the molecule is COC(=O)C(N)Cc1c[nH]c2ccc(I)c(F)c12.Cl. The maximum Gasteiger partial charge on any atom is 0.322 e. The van der Waals surface area contributed by atoms with Crippen LogP contribution < -0.4 is 5.73 Å². The summed E-state index contributed by atoms with van der Waals surface area (Å²) >= 11 is 1.93. The fourth-order valence-electron chi connectivity index (χ4n) is 1.85. The Bertz CT molecular complexity index is 603. The smallest absolute Gasteiger partial charge is 0.322 e. The Morgan fingerprint density at radius 1 is 1.58 bits per heavy atom. The van der Waals surface area contributed by atoms with E-state index in [2.05, 4.69) is 9.72 Å². The summed E-state index contributed by atoms with van der Waals surface area (Å²) in [6.07, 6.45) is 1.91. The number of nitrogens with one attached hydrogen (secondary N) is 1. The second-order valence-electron chi connectivity index (χ2n) is 3.93. The lowest BCUT2D eigenvalue weighted by Gasteiger charge is -2.08. The zero-order chi connectivity index (χ0) is 13.3. The molecule has 0 spiro atoms. The van der Waals surface area contributed by atoms with Gasteiger partial charge in [-0.1, -0.05) is 0 Å². The molecule has 0 bridgehead atoms. The molecule has 0 aliphatic heterocycles. The Kier molecular flexibility index (Phi) is 5.57. The van der Waals surface area contributed by atoms with Crippen molar-refractivity contribution in [2.75, 3.05) is 7.11 Å². The largest absolute Gasteiger partial charge is 0.468 e. The zero-order valence-corrected chi connectivity index (χ0v) is 13.0. The number of fused-ring (bicyclic) bond motifs is 1. The Balaban J connectivity index is 0.00000180. The van der Waals surface area contributed by atoms with Gasteiger partial charge in [0.2, 0.25) is 0 Å². The third kappa shape index (κ3) is 3.18. The third-order valence-electron chi connectivity index (χ3n) is 2.76. The number of H-pyrrole nitrogens is 1. The van der Waals surface area contributed by atoms with E-state index >= 15 is 0 Å². The molecule has 1 unspecified atom stereocenters. The molecule has 2 rings (SSSR count). The first kappa shape index (κ1) is 16.2. The molecule has 1 aromatic heterocycles. The molecule has 104 valence electrons. The number of benzene rings is 1. The minimum absolute atomic E-state index is 0. The highest BCUT2D eigenvalue weighted by Crippen LogP contribution is 2.26. The van der Waals surface area contributed by atoms with Crippen molar-refractivity contribution in [2.45, 2.75) is 12.5 Å². The summed E-state index contributed by atoms with van der Waals surface area (Å²) in [4.78, 5) is 14.2. The van der Waals surface area contributed by atoms with Gasteiger partial charge >= 0.3 is 5.97 Å². The second kappa shape index (κ2) is 6.53. The van der Waals surface area contributed by atoms with Crippen LogP contribution in [0, 0.1) is 9.39 Å². The van der Waals surface area contributed by atoms with Crippen molar-refractivity contribution in [2.24, 2.45) is 5.73 Å². The molecule has 0 saturated carbocycles. The summed E-state index contributed by atoms with van der Waals surface area (Å²) < 4.78 is 19.1. The Morgan fingerprint density at radius 2 is 2.26 bits per heavy atom. The number of halogens is 3. The van der Waals surface area contributed by atoms with E-state index in [0.29, 0.717) is 20.0 Å². The minimum atomic E-state index is -0.786. The number of ether oxygens (including phenoxy) is 1. The number of hydrogen-bond donors (Lipinski definition) is 2. The molecule has 0 amide bonds. The molecule has 0 saturated heterocycles. The quantitative estimate of drug-likeness (QED) is 0.616. The van der Waals surface area contributed by atoms with Crippen LogP contribution >= 0.6 is 35.0 Å². The van der Waals surface area contributed by atoms with Crippen molar-refractivity contribution in [1.29, 1.82) is 0 Å². The van der Waals surface area contributed by atoms with Crippen molar-refractivity contribution >= 4 is 51.9 Å². The Labute approximate surface area is 129 Å². The third-order valence-corrected chi connectivity index (χ3v) is 3.59. The van der Waals surface area contributed by atoms with E-state index in [1.54, 1.807) is 18.3 Å². The van der Waals surface area contributed by atoms with Gasteiger partial charge in [0.15, 0.2) is 0 Å². The van der Waals surface area contributed by atoms with E-state index in [-0.39, 0.29) is 24.6 Å².